The van der Waals surface area contributed by atoms with Gasteiger partial charge in [0.05, 0.1) is 0 Å². The Morgan fingerprint density at radius 1 is 1.29 bits per heavy atom. The molecule has 1 aromatic heterocycles. The number of hydrogen-bond donors (Lipinski definition) is 1. The van der Waals surface area contributed by atoms with Gasteiger partial charge < -0.3 is 4.74 Å². The van der Waals surface area contributed by atoms with Crippen LogP contribution in [0.4, 0.5) is 0 Å². The summed E-state index contributed by atoms with van der Waals surface area (Å²) in [6, 6.07) is 1.59. The first-order chi connectivity index (χ1) is 9.81. The van der Waals surface area contributed by atoms with Gasteiger partial charge in [0.15, 0.2) is 0 Å². The molecule has 1 saturated carbocycles. The summed E-state index contributed by atoms with van der Waals surface area (Å²) < 4.78 is 32.4. The normalized spacial score (nSPS) is 18.4. The largest absolute Gasteiger partial charge is 0.368 e. The quantitative estimate of drug-likeness (QED) is 0.920. The van der Waals surface area contributed by atoms with Crippen molar-refractivity contribution in [1.29, 1.82) is 0 Å². The molecule has 1 aromatic rings. The van der Waals surface area contributed by atoms with Gasteiger partial charge in [-0.3, -0.25) is 4.79 Å². The number of aryl methyl sites for hydroxylation is 2. The Morgan fingerprint density at radius 3 is 2.38 bits per heavy atom. The number of carbonyl (C=O) groups is 1. The fraction of sp³-hybridized carbons (Fsp3) is 0.643. The lowest BCUT2D eigenvalue weighted by Crippen LogP contribution is -2.51. The number of ether oxygens (including phenoxy) is 1. The highest BCUT2D eigenvalue weighted by atomic mass is 32.2. The van der Waals surface area contributed by atoms with E-state index in [0.717, 1.165) is 29.7 Å². The maximum absolute atomic E-state index is 12.4. The van der Waals surface area contributed by atoms with E-state index in [0.29, 0.717) is 12.8 Å². The third-order valence-electron chi connectivity index (χ3n) is 4.10. The Morgan fingerprint density at radius 2 is 1.90 bits per heavy atom. The van der Waals surface area contributed by atoms with Crippen LogP contribution in [0.2, 0.25) is 0 Å². The van der Waals surface area contributed by atoms with E-state index in [-0.39, 0.29) is 4.21 Å². The Kier molecular flexibility index (Phi) is 4.75. The molecule has 0 bridgehead atoms. The van der Waals surface area contributed by atoms with Crippen molar-refractivity contribution in [3.8, 4) is 0 Å². The molecule has 0 radical (unpaired) electrons. The van der Waals surface area contributed by atoms with Crippen LogP contribution in [-0.4, -0.2) is 27.0 Å². The van der Waals surface area contributed by atoms with Crippen LogP contribution in [0.1, 0.15) is 42.5 Å². The molecule has 1 heterocycles. The molecule has 0 spiro atoms. The minimum absolute atomic E-state index is 0.174. The van der Waals surface area contributed by atoms with Crippen LogP contribution >= 0.6 is 11.3 Å². The van der Waals surface area contributed by atoms with Crippen molar-refractivity contribution in [2.75, 3.05) is 7.11 Å². The summed E-state index contributed by atoms with van der Waals surface area (Å²) in [5.74, 6) is -0.548. The van der Waals surface area contributed by atoms with Crippen LogP contribution in [0.15, 0.2) is 10.3 Å². The van der Waals surface area contributed by atoms with Crippen molar-refractivity contribution in [2.45, 2.75) is 55.8 Å². The second-order valence-corrected chi connectivity index (χ2v) is 8.66. The van der Waals surface area contributed by atoms with E-state index in [1.807, 2.05) is 13.8 Å². The van der Waals surface area contributed by atoms with E-state index in [1.54, 1.807) is 6.07 Å². The summed E-state index contributed by atoms with van der Waals surface area (Å²) >= 11 is 1.17. The highest BCUT2D eigenvalue weighted by molar-refractivity contribution is 7.92. The van der Waals surface area contributed by atoms with E-state index in [4.69, 9.17) is 4.74 Å². The van der Waals surface area contributed by atoms with Crippen molar-refractivity contribution in [2.24, 2.45) is 0 Å². The van der Waals surface area contributed by atoms with Crippen molar-refractivity contribution in [3.63, 3.8) is 0 Å². The predicted molar refractivity (Wildman–Crippen MR) is 81.9 cm³/mol. The molecule has 1 fully saturated rings. The van der Waals surface area contributed by atoms with Crippen LogP contribution < -0.4 is 4.72 Å². The van der Waals surface area contributed by atoms with Gasteiger partial charge in [0, 0.05) is 12.0 Å². The Bertz CT molecular complexity index is 608. The third-order valence-corrected chi connectivity index (χ3v) is 7.06. The molecule has 2 rings (SSSR count). The molecule has 0 unspecified atom stereocenters. The number of amides is 1. The second-order valence-electron chi connectivity index (χ2n) is 5.50. The van der Waals surface area contributed by atoms with E-state index in [1.165, 1.54) is 18.4 Å². The molecule has 1 aliphatic rings. The smallest absolute Gasteiger partial charge is 0.273 e. The first-order valence-corrected chi connectivity index (χ1v) is 9.30. The number of carbonyl (C=O) groups excluding carboxylic acids is 1. The Balaban J connectivity index is 2.21. The fourth-order valence-electron chi connectivity index (χ4n) is 2.58. The first-order valence-electron chi connectivity index (χ1n) is 7.00. The topological polar surface area (TPSA) is 72.5 Å². The molecule has 1 N–H and O–H groups in total. The van der Waals surface area contributed by atoms with Crippen LogP contribution in [0.25, 0.3) is 0 Å². The molecule has 0 saturated heterocycles. The molecular formula is C14H21NO4S2. The lowest BCUT2D eigenvalue weighted by molar-refractivity contribution is -0.145. The van der Waals surface area contributed by atoms with Crippen molar-refractivity contribution >= 4 is 27.3 Å². The Labute approximate surface area is 129 Å². The number of thiophene rings is 1. The fourth-order valence-corrected chi connectivity index (χ4v) is 5.14. The zero-order valence-corrected chi connectivity index (χ0v) is 14.2. The maximum atomic E-state index is 12.4. The average Bonchev–Trinajstić information content (AvgIpc) is 2.80. The van der Waals surface area contributed by atoms with Crippen LogP contribution in [-0.2, 0) is 19.6 Å². The molecule has 0 aliphatic heterocycles. The standard InChI is InChI=1S/C14H21NO4S2/c1-10-9-12(20-11(10)2)21(17,18)15-13(16)14(19-3)7-5-4-6-8-14/h9H,4-8H2,1-3H3,(H,15,16). The second kappa shape index (κ2) is 6.06. The third kappa shape index (κ3) is 3.30. The van der Waals surface area contributed by atoms with Gasteiger partial charge in [0.25, 0.3) is 15.9 Å². The molecule has 0 aromatic carbocycles. The zero-order chi connectivity index (χ0) is 15.7. The summed E-state index contributed by atoms with van der Waals surface area (Å²) in [5, 5.41) is 0. The van der Waals surface area contributed by atoms with Gasteiger partial charge in [-0.05, 0) is 38.3 Å². The lowest BCUT2D eigenvalue weighted by Gasteiger charge is -2.34. The minimum atomic E-state index is -3.82. The van der Waals surface area contributed by atoms with E-state index >= 15 is 0 Å². The molecule has 0 atom stereocenters. The zero-order valence-electron chi connectivity index (χ0n) is 12.6. The highest BCUT2D eigenvalue weighted by Crippen LogP contribution is 2.32. The molecule has 7 heteroatoms. The van der Waals surface area contributed by atoms with Crippen LogP contribution in [0.5, 0.6) is 0 Å². The van der Waals surface area contributed by atoms with Gasteiger partial charge in [-0.15, -0.1) is 11.3 Å². The van der Waals surface area contributed by atoms with E-state index in [9.17, 15) is 13.2 Å². The molecule has 118 valence electrons. The van der Waals surface area contributed by atoms with Gasteiger partial charge in [0.2, 0.25) is 0 Å². The summed E-state index contributed by atoms with van der Waals surface area (Å²) in [6.45, 7) is 3.71. The number of nitrogens with one attached hydrogen (secondary N) is 1. The molecular weight excluding hydrogens is 310 g/mol. The van der Waals surface area contributed by atoms with Crippen molar-refractivity contribution in [1.82, 2.24) is 4.72 Å². The predicted octanol–water partition coefficient (Wildman–Crippen LogP) is 2.52. The van der Waals surface area contributed by atoms with Crippen LogP contribution in [0.3, 0.4) is 0 Å². The van der Waals surface area contributed by atoms with Gasteiger partial charge in [-0.1, -0.05) is 19.3 Å². The summed E-state index contributed by atoms with van der Waals surface area (Å²) in [5.41, 5.74) is -0.0981. The summed E-state index contributed by atoms with van der Waals surface area (Å²) in [4.78, 5) is 13.4. The van der Waals surface area contributed by atoms with Crippen molar-refractivity contribution < 1.29 is 17.9 Å². The van der Waals surface area contributed by atoms with Gasteiger partial charge >= 0.3 is 0 Å². The number of rotatable bonds is 4. The van der Waals surface area contributed by atoms with Crippen LogP contribution in [0, 0.1) is 13.8 Å². The number of methoxy groups -OCH3 is 1. The van der Waals surface area contributed by atoms with Gasteiger partial charge in [0.1, 0.15) is 9.81 Å². The number of sulfonamides is 1. The summed E-state index contributed by atoms with van der Waals surface area (Å²) in [7, 11) is -2.35. The molecule has 1 aliphatic carbocycles. The number of hydrogen-bond acceptors (Lipinski definition) is 5. The first kappa shape index (κ1) is 16.5. The summed E-state index contributed by atoms with van der Waals surface area (Å²) in [6.07, 6.45) is 3.92. The van der Waals surface area contributed by atoms with Crippen molar-refractivity contribution in [3.05, 3.63) is 16.5 Å². The van der Waals surface area contributed by atoms with Gasteiger partial charge in [-0.25, -0.2) is 13.1 Å². The Hall–Kier alpha value is -0.920. The monoisotopic (exact) mass is 331 g/mol. The maximum Gasteiger partial charge on any atom is 0.273 e. The molecule has 1 amide bonds. The SMILES string of the molecule is COC1(C(=O)NS(=O)(=O)c2cc(C)c(C)s2)CCCCC1. The van der Waals surface area contributed by atoms with E-state index in [2.05, 4.69) is 4.72 Å². The van der Waals surface area contributed by atoms with Gasteiger partial charge in [-0.2, -0.15) is 0 Å². The van der Waals surface area contributed by atoms with E-state index < -0.39 is 21.5 Å². The lowest BCUT2D eigenvalue weighted by atomic mass is 9.84. The minimum Gasteiger partial charge on any atom is -0.368 e. The highest BCUT2D eigenvalue weighted by Gasteiger charge is 2.41. The molecule has 5 nitrogen and oxygen atoms in total. The molecule has 21 heavy (non-hydrogen) atoms. The average molecular weight is 331 g/mol.